The molecule has 0 saturated carbocycles. The smallest absolute Gasteiger partial charge is 0.417 e. The topological polar surface area (TPSA) is 97.6 Å². The molecule has 0 unspecified atom stereocenters. The van der Waals surface area contributed by atoms with Gasteiger partial charge < -0.3 is 9.30 Å². The molecule has 0 spiro atoms. The standard InChI is InChI=1S/C23H27N5O4/c1-8-15-13-24-21(27(9-2)14(3)29)25-19(15)18-12-16-17(26(18)7)10-11-28(20(16)30)22(31)32-23(4,5)6/h1,12-13H,9-11H2,2-7H3. The average Bonchev–Trinajstić information content (AvgIpc) is 3.04. The fraction of sp³-hybridized carbons (Fsp3) is 0.435. The molecule has 3 amide bonds. The van der Waals surface area contributed by atoms with Gasteiger partial charge in [0.25, 0.3) is 5.91 Å². The van der Waals surface area contributed by atoms with Crippen molar-refractivity contribution in [2.45, 2.75) is 46.6 Å². The van der Waals surface area contributed by atoms with E-state index in [0.29, 0.717) is 35.5 Å². The molecule has 2 aromatic heterocycles. The Kier molecular flexibility index (Phi) is 6.08. The van der Waals surface area contributed by atoms with Crippen LogP contribution in [0.15, 0.2) is 12.3 Å². The summed E-state index contributed by atoms with van der Waals surface area (Å²) in [6, 6.07) is 1.67. The van der Waals surface area contributed by atoms with Crippen LogP contribution in [0, 0.1) is 12.3 Å². The lowest BCUT2D eigenvalue weighted by Gasteiger charge is -2.28. The quantitative estimate of drug-likeness (QED) is 0.685. The summed E-state index contributed by atoms with van der Waals surface area (Å²) >= 11 is 0. The van der Waals surface area contributed by atoms with Crippen molar-refractivity contribution >= 4 is 23.9 Å². The molecule has 168 valence electrons. The van der Waals surface area contributed by atoms with Crippen LogP contribution in [0.25, 0.3) is 11.4 Å². The molecule has 0 fully saturated rings. The first-order valence-corrected chi connectivity index (χ1v) is 10.3. The van der Waals surface area contributed by atoms with E-state index >= 15 is 0 Å². The van der Waals surface area contributed by atoms with Crippen molar-refractivity contribution in [2.75, 3.05) is 18.0 Å². The molecule has 0 N–H and O–H groups in total. The van der Waals surface area contributed by atoms with Gasteiger partial charge in [-0.2, -0.15) is 0 Å². The van der Waals surface area contributed by atoms with Gasteiger partial charge in [-0.05, 0) is 33.8 Å². The minimum absolute atomic E-state index is 0.193. The summed E-state index contributed by atoms with van der Waals surface area (Å²) in [4.78, 5) is 48.9. The number of amides is 3. The number of aromatic nitrogens is 3. The lowest BCUT2D eigenvalue weighted by Crippen LogP contribution is -2.44. The zero-order valence-corrected chi connectivity index (χ0v) is 19.2. The summed E-state index contributed by atoms with van der Waals surface area (Å²) < 4.78 is 7.22. The van der Waals surface area contributed by atoms with Gasteiger partial charge >= 0.3 is 6.09 Å². The summed E-state index contributed by atoms with van der Waals surface area (Å²) in [6.45, 7) is 9.12. The summed E-state index contributed by atoms with van der Waals surface area (Å²) in [5, 5.41) is 0. The van der Waals surface area contributed by atoms with Crippen LogP contribution in [-0.4, -0.2) is 56.0 Å². The van der Waals surface area contributed by atoms with Crippen molar-refractivity contribution in [1.82, 2.24) is 19.4 Å². The summed E-state index contributed by atoms with van der Waals surface area (Å²) in [6.07, 6.45) is 6.95. The lowest BCUT2D eigenvalue weighted by atomic mass is 10.1. The van der Waals surface area contributed by atoms with E-state index in [1.165, 1.54) is 18.0 Å². The van der Waals surface area contributed by atoms with Crippen LogP contribution < -0.4 is 4.90 Å². The maximum Gasteiger partial charge on any atom is 0.417 e. The number of hydrogen-bond acceptors (Lipinski definition) is 6. The van der Waals surface area contributed by atoms with Gasteiger partial charge in [0.1, 0.15) is 11.3 Å². The molecule has 0 aromatic carbocycles. The highest BCUT2D eigenvalue weighted by Gasteiger charge is 2.35. The third-order valence-corrected chi connectivity index (χ3v) is 5.13. The number of ether oxygens (including phenoxy) is 1. The van der Waals surface area contributed by atoms with Gasteiger partial charge in [0.15, 0.2) is 0 Å². The van der Waals surface area contributed by atoms with Gasteiger partial charge in [0.2, 0.25) is 11.9 Å². The Morgan fingerprint density at radius 3 is 2.59 bits per heavy atom. The summed E-state index contributed by atoms with van der Waals surface area (Å²) in [5.41, 5.74) is 1.92. The first kappa shape index (κ1) is 23.0. The predicted molar refractivity (Wildman–Crippen MR) is 119 cm³/mol. The molecule has 3 rings (SSSR count). The number of terminal acetylenes is 1. The molecule has 3 heterocycles. The molecule has 0 aliphatic carbocycles. The number of rotatable bonds is 3. The molecule has 9 nitrogen and oxygen atoms in total. The first-order chi connectivity index (χ1) is 15.0. The molecule has 9 heteroatoms. The highest BCUT2D eigenvalue weighted by Crippen LogP contribution is 2.31. The molecule has 0 saturated heterocycles. The summed E-state index contributed by atoms with van der Waals surface area (Å²) in [5.74, 6) is 2.17. The van der Waals surface area contributed by atoms with E-state index in [2.05, 4.69) is 15.9 Å². The van der Waals surface area contributed by atoms with Crippen LogP contribution >= 0.6 is 0 Å². The molecule has 0 atom stereocenters. The molecule has 1 aliphatic rings. The fourth-order valence-electron chi connectivity index (χ4n) is 3.62. The predicted octanol–water partition coefficient (Wildman–Crippen LogP) is 2.77. The van der Waals surface area contributed by atoms with Crippen LogP contribution in [-0.2, 0) is 23.0 Å². The molecular formula is C23H27N5O4. The first-order valence-electron chi connectivity index (χ1n) is 10.3. The van der Waals surface area contributed by atoms with E-state index < -0.39 is 17.6 Å². The van der Waals surface area contributed by atoms with Gasteiger partial charge in [-0.25, -0.2) is 19.7 Å². The Balaban J connectivity index is 2.06. The van der Waals surface area contributed by atoms with E-state index in [1.54, 1.807) is 26.8 Å². The second-order valence-electron chi connectivity index (χ2n) is 8.48. The molecule has 0 radical (unpaired) electrons. The highest BCUT2D eigenvalue weighted by atomic mass is 16.6. The minimum atomic E-state index is -0.708. The van der Waals surface area contributed by atoms with E-state index in [1.807, 2.05) is 18.5 Å². The fourth-order valence-corrected chi connectivity index (χ4v) is 3.62. The normalized spacial score (nSPS) is 13.4. The molecular weight excluding hydrogens is 410 g/mol. The third-order valence-electron chi connectivity index (χ3n) is 5.13. The number of carbonyl (C=O) groups is 3. The highest BCUT2D eigenvalue weighted by molar-refractivity contribution is 6.05. The zero-order valence-electron chi connectivity index (χ0n) is 19.2. The summed E-state index contributed by atoms with van der Waals surface area (Å²) in [7, 11) is 1.81. The van der Waals surface area contributed by atoms with Crippen molar-refractivity contribution in [3.05, 3.63) is 29.1 Å². The monoisotopic (exact) mass is 437 g/mol. The van der Waals surface area contributed by atoms with Crippen molar-refractivity contribution in [3.8, 4) is 23.7 Å². The number of carbonyl (C=O) groups excluding carboxylic acids is 3. The molecule has 0 bridgehead atoms. The van der Waals surface area contributed by atoms with Gasteiger partial charge in [-0.3, -0.25) is 14.5 Å². The number of hydrogen-bond donors (Lipinski definition) is 0. The molecule has 32 heavy (non-hydrogen) atoms. The van der Waals surface area contributed by atoms with Crippen molar-refractivity contribution in [3.63, 3.8) is 0 Å². The number of fused-ring (bicyclic) bond motifs is 1. The number of nitrogens with zero attached hydrogens (tertiary/aromatic N) is 5. The van der Waals surface area contributed by atoms with E-state index in [9.17, 15) is 14.4 Å². The van der Waals surface area contributed by atoms with Crippen LogP contribution in [0.4, 0.5) is 10.7 Å². The Morgan fingerprint density at radius 1 is 1.34 bits per heavy atom. The SMILES string of the molecule is C#Cc1cnc(N(CC)C(C)=O)nc1-c1cc2c(n1C)CCN(C(=O)OC(C)(C)C)C2=O. The number of anilines is 1. The molecule has 2 aromatic rings. The van der Waals surface area contributed by atoms with E-state index in [4.69, 9.17) is 11.2 Å². The number of imide groups is 1. The van der Waals surface area contributed by atoms with Crippen molar-refractivity contribution in [1.29, 1.82) is 0 Å². The van der Waals surface area contributed by atoms with Crippen LogP contribution in [0.1, 0.15) is 56.2 Å². The largest absolute Gasteiger partial charge is 0.443 e. The van der Waals surface area contributed by atoms with Crippen molar-refractivity contribution in [2.24, 2.45) is 7.05 Å². The maximum absolute atomic E-state index is 13.1. The van der Waals surface area contributed by atoms with Crippen LogP contribution in [0.5, 0.6) is 0 Å². The van der Waals surface area contributed by atoms with Crippen LogP contribution in [0.2, 0.25) is 0 Å². The Morgan fingerprint density at radius 2 is 2.03 bits per heavy atom. The Hall–Kier alpha value is -3.67. The average molecular weight is 438 g/mol. The maximum atomic E-state index is 13.1. The van der Waals surface area contributed by atoms with Crippen LogP contribution in [0.3, 0.4) is 0 Å². The second kappa shape index (κ2) is 8.46. The van der Waals surface area contributed by atoms with Gasteiger partial charge in [-0.1, -0.05) is 5.92 Å². The second-order valence-corrected chi connectivity index (χ2v) is 8.48. The lowest BCUT2D eigenvalue weighted by molar-refractivity contribution is -0.116. The zero-order chi connectivity index (χ0) is 23.8. The Labute approximate surface area is 187 Å². The third kappa shape index (κ3) is 4.21. The minimum Gasteiger partial charge on any atom is -0.443 e. The van der Waals surface area contributed by atoms with Crippen molar-refractivity contribution < 1.29 is 19.1 Å². The van der Waals surface area contributed by atoms with Gasteiger partial charge in [0.05, 0.1) is 16.8 Å². The molecule has 1 aliphatic heterocycles. The van der Waals surface area contributed by atoms with E-state index in [-0.39, 0.29) is 18.4 Å². The van der Waals surface area contributed by atoms with E-state index in [0.717, 1.165) is 10.6 Å². The van der Waals surface area contributed by atoms with Gasteiger partial charge in [-0.15, -0.1) is 6.42 Å². The Bertz CT molecular complexity index is 1140. The van der Waals surface area contributed by atoms with Gasteiger partial charge in [0, 0.05) is 45.4 Å².